The van der Waals surface area contributed by atoms with Crippen molar-refractivity contribution in [3.8, 4) is 0 Å². The Morgan fingerprint density at radius 3 is 2.14 bits per heavy atom. The number of hydrogen-bond acceptors (Lipinski definition) is 1. The van der Waals surface area contributed by atoms with Crippen LogP contribution in [0, 0.1) is 38.2 Å². The van der Waals surface area contributed by atoms with Gasteiger partial charge in [-0.2, -0.15) is 0 Å². The Labute approximate surface area is 122 Å². The van der Waals surface area contributed by atoms with Crippen molar-refractivity contribution in [1.29, 1.82) is 0 Å². The Balaban J connectivity index is 2.32. The maximum Gasteiger partial charge on any atom is 0.196 e. The Hall–Kier alpha value is -1.97. The normalized spacial score (nSPS) is 12.3. The van der Waals surface area contributed by atoms with E-state index in [1.807, 2.05) is 33.8 Å². The van der Waals surface area contributed by atoms with Crippen LogP contribution in [0.25, 0.3) is 0 Å². The molecule has 1 nitrogen and oxygen atoms in total. The van der Waals surface area contributed by atoms with Gasteiger partial charge in [-0.3, -0.25) is 0 Å². The summed E-state index contributed by atoms with van der Waals surface area (Å²) in [5, 5.41) is 2.90. The van der Waals surface area contributed by atoms with Crippen molar-refractivity contribution in [3.63, 3.8) is 0 Å². The summed E-state index contributed by atoms with van der Waals surface area (Å²) in [5.74, 6) is -3.83. The Kier molecular flexibility index (Phi) is 4.26. The van der Waals surface area contributed by atoms with Gasteiger partial charge in [-0.1, -0.05) is 12.1 Å². The van der Waals surface area contributed by atoms with Gasteiger partial charge in [0, 0.05) is 6.04 Å². The average molecular weight is 293 g/mol. The molecule has 0 aliphatic carbocycles. The minimum Gasteiger partial charge on any atom is -0.376 e. The first kappa shape index (κ1) is 15.4. The highest BCUT2D eigenvalue weighted by atomic mass is 19.2. The molecule has 112 valence electrons. The molecule has 0 aliphatic rings. The van der Waals surface area contributed by atoms with Crippen LogP contribution < -0.4 is 5.32 Å². The van der Waals surface area contributed by atoms with Crippen LogP contribution in [-0.2, 0) is 0 Å². The highest BCUT2D eigenvalue weighted by molar-refractivity contribution is 5.49. The second-order valence-electron chi connectivity index (χ2n) is 5.38. The van der Waals surface area contributed by atoms with E-state index in [1.165, 1.54) is 11.6 Å². The van der Waals surface area contributed by atoms with Crippen LogP contribution in [0.5, 0.6) is 0 Å². The molecule has 0 fully saturated rings. The number of benzene rings is 2. The Bertz CT molecular complexity index is 680. The molecule has 4 heteroatoms. The Morgan fingerprint density at radius 2 is 1.48 bits per heavy atom. The summed E-state index contributed by atoms with van der Waals surface area (Å²) >= 11 is 0. The first-order valence-corrected chi connectivity index (χ1v) is 6.79. The van der Waals surface area contributed by atoms with E-state index in [0.717, 1.165) is 22.8 Å². The van der Waals surface area contributed by atoms with Crippen molar-refractivity contribution < 1.29 is 13.2 Å². The molecule has 0 saturated heterocycles. The van der Waals surface area contributed by atoms with E-state index in [1.54, 1.807) is 0 Å². The lowest BCUT2D eigenvalue weighted by Crippen LogP contribution is -2.11. The summed E-state index contributed by atoms with van der Waals surface area (Å²) in [7, 11) is 0. The first-order chi connectivity index (χ1) is 9.81. The summed E-state index contributed by atoms with van der Waals surface area (Å²) < 4.78 is 39.9. The summed E-state index contributed by atoms with van der Waals surface area (Å²) in [6, 6.07) is 6.00. The van der Waals surface area contributed by atoms with Crippen LogP contribution in [-0.4, -0.2) is 0 Å². The van der Waals surface area contributed by atoms with Gasteiger partial charge in [-0.25, -0.2) is 13.2 Å². The molecule has 0 bridgehead atoms. The largest absolute Gasteiger partial charge is 0.376 e. The van der Waals surface area contributed by atoms with E-state index in [4.69, 9.17) is 0 Å². The van der Waals surface area contributed by atoms with Crippen molar-refractivity contribution in [1.82, 2.24) is 0 Å². The third kappa shape index (κ3) is 3.04. The molecular formula is C17H18F3N. The number of rotatable bonds is 3. The average Bonchev–Trinajstić information content (AvgIpc) is 2.43. The molecule has 0 radical (unpaired) electrons. The van der Waals surface area contributed by atoms with Crippen molar-refractivity contribution in [3.05, 3.63) is 64.0 Å². The predicted molar refractivity (Wildman–Crippen MR) is 79.0 cm³/mol. The van der Waals surface area contributed by atoms with Gasteiger partial charge in [0.2, 0.25) is 0 Å². The summed E-state index contributed by atoms with van der Waals surface area (Å²) in [4.78, 5) is 0. The van der Waals surface area contributed by atoms with Crippen molar-refractivity contribution >= 4 is 5.69 Å². The fourth-order valence-electron chi connectivity index (χ4n) is 2.40. The zero-order chi connectivity index (χ0) is 15.7. The molecule has 1 N–H and O–H groups in total. The number of halogens is 3. The molecule has 1 atom stereocenters. The molecule has 0 aliphatic heterocycles. The standard InChI is InChI=1S/C17H18F3N/c1-9-7-11(3)13(8-10(9)2)12(4)21-15-6-5-14(18)16(19)17(15)20/h5-8,12,21H,1-4H3. The molecule has 2 rings (SSSR count). The summed E-state index contributed by atoms with van der Waals surface area (Å²) in [5.41, 5.74) is 4.35. The number of anilines is 1. The van der Waals surface area contributed by atoms with Crippen LogP contribution >= 0.6 is 0 Å². The third-order valence-corrected chi connectivity index (χ3v) is 3.76. The maximum absolute atomic E-state index is 13.7. The van der Waals surface area contributed by atoms with Gasteiger partial charge in [0.15, 0.2) is 17.5 Å². The van der Waals surface area contributed by atoms with Gasteiger partial charge in [0.05, 0.1) is 5.69 Å². The highest BCUT2D eigenvalue weighted by Crippen LogP contribution is 2.27. The molecular weight excluding hydrogens is 275 g/mol. The molecule has 0 saturated carbocycles. The van der Waals surface area contributed by atoms with E-state index < -0.39 is 17.5 Å². The fourth-order valence-corrected chi connectivity index (χ4v) is 2.40. The lowest BCUT2D eigenvalue weighted by Gasteiger charge is -2.20. The van der Waals surface area contributed by atoms with Crippen molar-refractivity contribution in [2.45, 2.75) is 33.7 Å². The van der Waals surface area contributed by atoms with Crippen molar-refractivity contribution in [2.75, 3.05) is 5.32 Å². The van der Waals surface area contributed by atoms with Gasteiger partial charge >= 0.3 is 0 Å². The topological polar surface area (TPSA) is 12.0 Å². The van der Waals surface area contributed by atoms with E-state index in [2.05, 4.69) is 11.4 Å². The molecule has 0 amide bonds. The molecule has 0 heterocycles. The second kappa shape index (κ2) is 5.80. The minimum atomic E-state index is -1.45. The smallest absolute Gasteiger partial charge is 0.196 e. The fraction of sp³-hybridized carbons (Fsp3) is 0.294. The predicted octanol–water partition coefficient (Wildman–Crippen LogP) is 5.20. The molecule has 0 aromatic heterocycles. The van der Waals surface area contributed by atoms with Crippen LogP contribution in [0.1, 0.15) is 35.2 Å². The quantitative estimate of drug-likeness (QED) is 0.767. The van der Waals surface area contributed by atoms with Crippen LogP contribution in [0.15, 0.2) is 24.3 Å². The van der Waals surface area contributed by atoms with E-state index >= 15 is 0 Å². The van der Waals surface area contributed by atoms with Gasteiger partial charge in [0.25, 0.3) is 0 Å². The SMILES string of the molecule is Cc1cc(C)c(C(C)Nc2ccc(F)c(F)c2F)cc1C. The van der Waals surface area contributed by atoms with E-state index in [-0.39, 0.29) is 11.7 Å². The number of nitrogens with one attached hydrogen (secondary N) is 1. The molecule has 0 spiro atoms. The van der Waals surface area contributed by atoms with E-state index in [0.29, 0.717) is 0 Å². The van der Waals surface area contributed by atoms with Crippen LogP contribution in [0.4, 0.5) is 18.9 Å². The Morgan fingerprint density at radius 1 is 0.857 bits per heavy atom. The lowest BCUT2D eigenvalue weighted by molar-refractivity contribution is 0.448. The highest BCUT2D eigenvalue weighted by Gasteiger charge is 2.16. The maximum atomic E-state index is 13.7. The van der Waals surface area contributed by atoms with Crippen LogP contribution in [0.2, 0.25) is 0 Å². The number of aryl methyl sites for hydroxylation is 3. The summed E-state index contributed by atoms with van der Waals surface area (Å²) in [6.07, 6.45) is 0. The first-order valence-electron chi connectivity index (χ1n) is 6.79. The third-order valence-electron chi connectivity index (χ3n) is 3.76. The monoisotopic (exact) mass is 293 g/mol. The van der Waals surface area contributed by atoms with E-state index in [9.17, 15) is 13.2 Å². The molecule has 21 heavy (non-hydrogen) atoms. The summed E-state index contributed by atoms with van der Waals surface area (Å²) in [6.45, 7) is 7.86. The zero-order valence-corrected chi connectivity index (χ0v) is 12.5. The zero-order valence-electron chi connectivity index (χ0n) is 12.5. The lowest BCUT2D eigenvalue weighted by atomic mass is 9.96. The van der Waals surface area contributed by atoms with Crippen molar-refractivity contribution in [2.24, 2.45) is 0 Å². The van der Waals surface area contributed by atoms with Gasteiger partial charge in [-0.15, -0.1) is 0 Å². The minimum absolute atomic E-state index is 0.0426. The molecule has 2 aromatic carbocycles. The van der Waals surface area contributed by atoms with Crippen LogP contribution in [0.3, 0.4) is 0 Å². The molecule has 1 unspecified atom stereocenters. The number of hydrogen-bond donors (Lipinski definition) is 1. The van der Waals surface area contributed by atoms with Gasteiger partial charge < -0.3 is 5.32 Å². The van der Waals surface area contributed by atoms with Gasteiger partial charge in [-0.05, 0) is 62.1 Å². The van der Waals surface area contributed by atoms with Gasteiger partial charge in [0.1, 0.15) is 0 Å². The molecule has 2 aromatic rings. The second-order valence-corrected chi connectivity index (χ2v) is 5.38.